The molecule has 1 atom stereocenters. The van der Waals surface area contributed by atoms with Crippen LogP contribution in [-0.4, -0.2) is 25.0 Å². The van der Waals surface area contributed by atoms with Gasteiger partial charge in [0.2, 0.25) is 0 Å². The van der Waals surface area contributed by atoms with Crippen molar-refractivity contribution in [3.8, 4) is 0 Å². The molecule has 1 aromatic carbocycles. The van der Waals surface area contributed by atoms with Crippen molar-refractivity contribution in [1.82, 2.24) is 4.90 Å². The van der Waals surface area contributed by atoms with Crippen molar-refractivity contribution in [2.75, 3.05) is 14.1 Å². The molecule has 0 aromatic heterocycles. The first kappa shape index (κ1) is 11.2. The Hall–Kier alpha value is -1.34. The molecule has 1 aliphatic rings. The Kier molecular flexibility index (Phi) is 3.25. The predicted octanol–water partition coefficient (Wildman–Crippen LogP) is 3.27. The first-order chi connectivity index (χ1) is 7.66. The average Bonchev–Trinajstić information content (AvgIpc) is 2.29. The maximum atomic E-state index is 2.33. The predicted molar refractivity (Wildman–Crippen MR) is 70.4 cm³/mol. The van der Waals surface area contributed by atoms with Gasteiger partial charge in [0, 0.05) is 6.04 Å². The van der Waals surface area contributed by atoms with Crippen molar-refractivity contribution < 1.29 is 0 Å². The molecule has 1 nitrogen and oxygen atoms in total. The SMILES string of the molecule is Cc1cccc(C2=CCC(N(C)C)C=C2)c1. The fraction of sp³-hybridized carbons (Fsp3) is 0.333. The van der Waals surface area contributed by atoms with Gasteiger partial charge in [-0.15, -0.1) is 0 Å². The minimum Gasteiger partial charge on any atom is -0.303 e. The standard InChI is InChI=1S/C15H19N/c1-12-5-4-6-14(11-12)13-7-9-15(10-8-13)16(2)3/h4-9,11,15H,10H2,1-3H3. The van der Waals surface area contributed by atoms with Crippen molar-refractivity contribution in [3.05, 3.63) is 53.6 Å². The van der Waals surface area contributed by atoms with E-state index in [9.17, 15) is 0 Å². The highest BCUT2D eigenvalue weighted by atomic mass is 15.1. The molecule has 0 spiro atoms. The summed E-state index contributed by atoms with van der Waals surface area (Å²) < 4.78 is 0. The first-order valence-electron chi connectivity index (χ1n) is 5.78. The number of allylic oxidation sites excluding steroid dienone is 2. The Morgan fingerprint density at radius 3 is 2.62 bits per heavy atom. The van der Waals surface area contributed by atoms with Gasteiger partial charge in [-0.3, -0.25) is 0 Å². The second-order valence-corrected chi connectivity index (χ2v) is 4.65. The molecule has 0 saturated carbocycles. The minimum atomic E-state index is 0.550. The molecule has 0 radical (unpaired) electrons. The number of aryl methyl sites for hydroxylation is 1. The molecular formula is C15H19N. The molecule has 0 amide bonds. The summed E-state index contributed by atoms with van der Waals surface area (Å²) in [6, 6.07) is 9.23. The van der Waals surface area contributed by atoms with Gasteiger partial charge >= 0.3 is 0 Å². The maximum absolute atomic E-state index is 2.33. The molecule has 0 saturated heterocycles. The summed E-state index contributed by atoms with van der Waals surface area (Å²) >= 11 is 0. The van der Waals surface area contributed by atoms with Gasteiger partial charge in [-0.05, 0) is 38.6 Å². The molecule has 0 fully saturated rings. The third kappa shape index (κ3) is 2.42. The third-order valence-corrected chi connectivity index (χ3v) is 3.09. The zero-order chi connectivity index (χ0) is 11.5. The normalized spacial score (nSPS) is 20.0. The fourth-order valence-corrected chi connectivity index (χ4v) is 2.03. The zero-order valence-corrected chi connectivity index (χ0v) is 10.3. The van der Waals surface area contributed by atoms with Crippen LogP contribution in [0.25, 0.3) is 5.57 Å². The average molecular weight is 213 g/mol. The van der Waals surface area contributed by atoms with Crippen LogP contribution in [-0.2, 0) is 0 Å². The van der Waals surface area contributed by atoms with Gasteiger partial charge in [0.25, 0.3) is 0 Å². The molecule has 1 unspecified atom stereocenters. The number of hydrogen-bond donors (Lipinski definition) is 0. The second-order valence-electron chi connectivity index (χ2n) is 4.65. The Bertz CT molecular complexity index is 427. The van der Waals surface area contributed by atoms with E-state index in [1.54, 1.807) is 0 Å². The number of benzene rings is 1. The van der Waals surface area contributed by atoms with Gasteiger partial charge in [-0.1, -0.05) is 48.1 Å². The number of likely N-dealkylation sites (N-methyl/N-ethyl adjacent to an activating group) is 1. The van der Waals surface area contributed by atoms with Crippen LogP contribution < -0.4 is 0 Å². The van der Waals surface area contributed by atoms with Gasteiger partial charge < -0.3 is 4.90 Å². The lowest BCUT2D eigenvalue weighted by Gasteiger charge is -2.23. The van der Waals surface area contributed by atoms with Crippen LogP contribution in [0.15, 0.2) is 42.5 Å². The van der Waals surface area contributed by atoms with E-state index in [0.717, 1.165) is 6.42 Å². The summed E-state index contributed by atoms with van der Waals surface area (Å²) in [4.78, 5) is 2.25. The van der Waals surface area contributed by atoms with E-state index in [2.05, 4.69) is 68.4 Å². The topological polar surface area (TPSA) is 3.24 Å². The van der Waals surface area contributed by atoms with E-state index in [4.69, 9.17) is 0 Å². The van der Waals surface area contributed by atoms with Gasteiger partial charge in [0.1, 0.15) is 0 Å². The fourth-order valence-electron chi connectivity index (χ4n) is 2.03. The zero-order valence-electron chi connectivity index (χ0n) is 10.3. The molecule has 0 bridgehead atoms. The van der Waals surface area contributed by atoms with Crippen molar-refractivity contribution in [1.29, 1.82) is 0 Å². The molecule has 1 aromatic rings. The van der Waals surface area contributed by atoms with Crippen LogP contribution in [0.5, 0.6) is 0 Å². The smallest absolute Gasteiger partial charge is 0.0310 e. The highest BCUT2D eigenvalue weighted by molar-refractivity contribution is 5.75. The molecule has 84 valence electrons. The molecule has 0 aliphatic heterocycles. The van der Waals surface area contributed by atoms with Crippen molar-refractivity contribution in [3.63, 3.8) is 0 Å². The van der Waals surface area contributed by atoms with E-state index in [0.29, 0.717) is 6.04 Å². The number of rotatable bonds is 2. The van der Waals surface area contributed by atoms with E-state index in [1.807, 2.05) is 0 Å². The lowest BCUT2D eigenvalue weighted by molar-refractivity contribution is 0.344. The summed E-state index contributed by atoms with van der Waals surface area (Å²) in [6.45, 7) is 2.14. The summed E-state index contributed by atoms with van der Waals surface area (Å²) in [5.74, 6) is 0. The molecule has 1 aliphatic carbocycles. The maximum Gasteiger partial charge on any atom is 0.0310 e. The third-order valence-electron chi connectivity index (χ3n) is 3.09. The molecule has 1 heteroatoms. The Morgan fingerprint density at radius 2 is 2.06 bits per heavy atom. The largest absolute Gasteiger partial charge is 0.303 e. The summed E-state index contributed by atoms with van der Waals surface area (Å²) in [5, 5.41) is 0. The minimum absolute atomic E-state index is 0.550. The Morgan fingerprint density at radius 1 is 1.25 bits per heavy atom. The summed E-state index contributed by atoms with van der Waals surface area (Å²) in [7, 11) is 4.25. The Balaban J connectivity index is 2.17. The van der Waals surface area contributed by atoms with Crippen molar-refractivity contribution in [2.45, 2.75) is 19.4 Å². The molecule has 2 rings (SSSR count). The van der Waals surface area contributed by atoms with Crippen molar-refractivity contribution >= 4 is 5.57 Å². The van der Waals surface area contributed by atoms with E-state index in [-0.39, 0.29) is 0 Å². The van der Waals surface area contributed by atoms with Gasteiger partial charge in [-0.25, -0.2) is 0 Å². The van der Waals surface area contributed by atoms with Gasteiger partial charge in [0.05, 0.1) is 0 Å². The molecular weight excluding hydrogens is 194 g/mol. The molecule has 16 heavy (non-hydrogen) atoms. The van der Waals surface area contributed by atoms with Gasteiger partial charge in [-0.2, -0.15) is 0 Å². The lowest BCUT2D eigenvalue weighted by atomic mass is 9.96. The number of hydrogen-bond acceptors (Lipinski definition) is 1. The highest BCUT2D eigenvalue weighted by Crippen LogP contribution is 2.23. The van der Waals surface area contributed by atoms with Crippen LogP contribution >= 0.6 is 0 Å². The van der Waals surface area contributed by atoms with Crippen molar-refractivity contribution in [2.24, 2.45) is 0 Å². The van der Waals surface area contributed by atoms with E-state index < -0.39 is 0 Å². The first-order valence-corrected chi connectivity index (χ1v) is 5.78. The van der Waals surface area contributed by atoms with Crippen LogP contribution in [0.4, 0.5) is 0 Å². The summed E-state index contributed by atoms with van der Waals surface area (Å²) in [6.07, 6.45) is 7.97. The van der Waals surface area contributed by atoms with Crippen LogP contribution in [0.1, 0.15) is 17.5 Å². The quantitative estimate of drug-likeness (QED) is 0.729. The highest BCUT2D eigenvalue weighted by Gasteiger charge is 2.11. The van der Waals surface area contributed by atoms with Gasteiger partial charge in [0.15, 0.2) is 0 Å². The van der Waals surface area contributed by atoms with E-state index in [1.165, 1.54) is 16.7 Å². The molecule has 0 heterocycles. The number of nitrogens with zero attached hydrogens (tertiary/aromatic N) is 1. The van der Waals surface area contributed by atoms with Crippen LogP contribution in [0.3, 0.4) is 0 Å². The second kappa shape index (κ2) is 4.67. The van der Waals surface area contributed by atoms with Crippen LogP contribution in [0.2, 0.25) is 0 Å². The molecule has 0 N–H and O–H groups in total. The lowest BCUT2D eigenvalue weighted by Crippen LogP contribution is -2.26. The monoisotopic (exact) mass is 213 g/mol. The summed E-state index contributed by atoms with van der Waals surface area (Å²) in [5.41, 5.74) is 4.00. The Labute approximate surface area is 98.1 Å². The van der Waals surface area contributed by atoms with Crippen LogP contribution in [0, 0.1) is 6.92 Å². The van der Waals surface area contributed by atoms with E-state index >= 15 is 0 Å².